The summed E-state index contributed by atoms with van der Waals surface area (Å²) in [5, 5.41) is 3.37. The van der Waals surface area contributed by atoms with E-state index in [2.05, 4.69) is 21.2 Å². The molecule has 6 heteroatoms. The lowest BCUT2D eigenvalue weighted by molar-refractivity contribution is 0.102. The summed E-state index contributed by atoms with van der Waals surface area (Å²) in [5.41, 5.74) is 1.09. The van der Waals surface area contributed by atoms with Crippen molar-refractivity contribution in [1.29, 1.82) is 0 Å². The van der Waals surface area contributed by atoms with Crippen LogP contribution in [0.4, 0.5) is 5.69 Å². The third-order valence-corrected chi connectivity index (χ3v) is 3.77. The zero-order valence-electron chi connectivity index (χ0n) is 12.9. The van der Waals surface area contributed by atoms with Crippen molar-refractivity contribution in [2.24, 2.45) is 0 Å². The zero-order valence-corrected chi connectivity index (χ0v) is 15.2. The Labute approximate surface area is 148 Å². The van der Waals surface area contributed by atoms with Gasteiger partial charge in [0.25, 0.3) is 5.91 Å². The Bertz CT molecular complexity index is 706. The van der Waals surface area contributed by atoms with Gasteiger partial charge in [0.1, 0.15) is 0 Å². The van der Waals surface area contributed by atoms with Crippen molar-refractivity contribution in [3.05, 3.63) is 51.5 Å². The monoisotopic (exact) mass is 397 g/mol. The molecule has 0 radical (unpaired) electrons. The Morgan fingerprint density at radius 1 is 1.17 bits per heavy atom. The van der Waals surface area contributed by atoms with Crippen LogP contribution >= 0.6 is 27.5 Å². The highest BCUT2D eigenvalue weighted by Crippen LogP contribution is 2.37. The van der Waals surface area contributed by atoms with Crippen molar-refractivity contribution in [3.8, 4) is 11.5 Å². The average molecular weight is 399 g/mol. The normalized spacial score (nSPS) is 10.3. The second kappa shape index (κ2) is 8.22. The van der Waals surface area contributed by atoms with Gasteiger partial charge in [-0.1, -0.05) is 17.7 Å². The summed E-state index contributed by atoms with van der Waals surface area (Å²) in [6, 6.07) is 10.4. The van der Waals surface area contributed by atoms with Crippen molar-refractivity contribution in [1.82, 2.24) is 0 Å². The maximum Gasteiger partial charge on any atom is 0.255 e. The molecule has 0 aliphatic rings. The van der Waals surface area contributed by atoms with Gasteiger partial charge in [0.2, 0.25) is 0 Å². The van der Waals surface area contributed by atoms with E-state index in [4.69, 9.17) is 21.1 Å². The minimum atomic E-state index is -0.253. The molecule has 0 atom stereocenters. The van der Waals surface area contributed by atoms with Crippen LogP contribution in [0.2, 0.25) is 5.02 Å². The van der Waals surface area contributed by atoms with Crippen LogP contribution in [0.1, 0.15) is 24.2 Å². The summed E-state index contributed by atoms with van der Waals surface area (Å²) in [4.78, 5) is 12.4. The van der Waals surface area contributed by atoms with Crippen molar-refractivity contribution in [3.63, 3.8) is 0 Å². The zero-order chi connectivity index (χ0) is 16.8. The molecular weight excluding hydrogens is 382 g/mol. The van der Waals surface area contributed by atoms with Crippen molar-refractivity contribution >= 4 is 39.1 Å². The van der Waals surface area contributed by atoms with Gasteiger partial charge in [0.05, 0.1) is 17.7 Å². The highest BCUT2D eigenvalue weighted by Gasteiger charge is 2.16. The van der Waals surface area contributed by atoms with Gasteiger partial charge < -0.3 is 14.8 Å². The summed E-state index contributed by atoms with van der Waals surface area (Å²) in [6.45, 7) is 4.75. The smallest absolute Gasteiger partial charge is 0.255 e. The molecule has 1 amide bonds. The Kier molecular flexibility index (Phi) is 6.30. The van der Waals surface area contributed by atoms with Gasteiger partial charge in [0, 0.05) is 16.3 Å². The third kappa shape index (κ3) is 4.62. The molecule has 0 unspecified atom stereocenters. The molecule has 0 heterocycles. The highest BCUT2D eigenvalue weighted by molar-refractivity contribution is 9.10. The maximum absolute atomic E-state index is 12.4. The van der Waals surface area contributed by atoms with E-state index in [0.717, 1.165) is 0 Å². The molecule has 23 heavy (non-hydrogen) atoms. The van der Waals surface area contributed by atoms with Crippen LogP contribution in [0.3, 0.4) is 0 Å². The topological polar surface area (TPSA) is 47.6 Å². The summed E-state index contributed by atoms with van der Waals surface area (Å²) in [7, 11) is 0. The van der Waals surface area contributed by atoms with E-state index in [-0.39, 0.29) is 5.91 Å². The molecule has 1 N–H and O–H groups in total. The molecule has 122 valence electrons. The van der Waals surface area contributed by atoms with Gasteiger partial charge in [-0.25, -0.2) is 0 Å². The van der Waals surface area contributed by atoms with E-state index >= 15 is 0 Å². The van der Waals surface area contributed by atoms with Gasteiger partial charge in [-0.2, -0.15) is 0 Å². The molecule has 0 saturated carbocycles. The first-order valence-electron chi connectivity index (χ1n) is 7.21. The molecule has 0 aliphatic heterocycles. The first kappa shape index (κ1) is 17.6. The fourth-order valence-corrected chi connectivity index (χ4v) is 2.76. The molecular formula is C17H17BrClNO3. The van der Waals surface area contributed by atoms with Gasteiger partial charge in [0.15, 0.2) is 11.5 Å². The third-order valence-electron chi connectivity index (χ3n) is 2.94. The lowest BCUT2D eigenvalue weighted by Crippen LogP contribution is -2.12. The fourth-order valence-electron chi connectivity index (χ4n) is 2.02. The van der Waals surface area contributed by atoms with Gasteiger partial charge >= 0.3 is 0 Å². The van der Waals surface area contributed by atoms with Crippen molar-refractivity contribution < 1.29 is 14.3 Å². The molecule has 2 aromatic carbocycles. The number of hydrogen-bond acceptors (Lipinski definition) is 3. The molecule has 2 aromatic rings. The summed E-state index contributed by atoms with van der Waals surface area (Å²) < 4.78 is 11.8. The van der Waals surface area contributed by atoms with Crippen LogP contribution in [0.25, 0.3) is 0 Å². The molecule has 0 saturated heterocycles. The summed E-state index contributed by atoms with van der Waals surface area (Å²) >= 11 is 9.35. The maximum atomic E-state index is 12.4. The van der Waals surface area contributed by atoms with Crippen LogP contribution in [0, 0.1) is 0 Å². The molecule has 2 rings (SSSR count). The number of carbonyl (C=O) groups is 1. The summed E-state index contributed by atoms with van der Waals surface area (Å²) in [5.74, 6) is 0.866. The number of carbonyl (C=O) groups excluding carboxylic acids is 1. The number of amides is 1. The quantitative estimate of drug-likeness (QED) is 0.732. The van der Waals surface area contributed by atoms with E-state index in [1.54, 1.807) is 36.4 Å². The number of ether oxygens (including phenoxy) is 2. The Morgan fingerprint density at radius 3 is 2.57 bits per heavy atom. The Balaban J connectivity index is 2.29. The van der Waals surface area contributed by atoms with Gasteiger partial charge in [-0.05, 0) is 60.1 Å². The van der Waals surface area contributed by atoms with E-state index in [1.165, 1.54) is 0 Å². The second-order valence-electron chi connectivity index (χ2n) is 4.62. The molecule has 0 fully saturated rings. The Hall–Kier alpha value is -1.72. The number of benzene rings is 2. The van der Waals surface area contributed by atoms with Crippen LogP contribution in [0.15, 0.2) is 40.9 Å². The fraction of sp³-hybridized carbons (Fsp3) is 0.235. The van der Waals surface area contributed by atoms with Crippen LogP contribution in [-0.2, 0) is 0 Å². The van der Waals surface area contributed by atoms with E-state index in [0.29, 0.717) is 45.5 Å². The molecule has 0 spiro atoms. The average Bonchev–Trinajstić information content (AvgIpc) is 2.50. The van der Waals surface area contributed by atoms with Crippen LogP contribution < -0.4 is 14.8 Å². The standard InChI is InChI=1S/C17H17BrClNO3/c1-3-22-15-9-11(8-14(18)16(15)23-4-2)17(21)20-13-7-5-6-12(19)10-13/h5-10H,3-4H2,1-2H3,(H,20,21). The SMILES string of the molecule is CCOc1cc(C(=O)Nc2cccc(Cl)c2)cc(Br)c1OCC. The molecule has 0 bridgehead atoms. The van der Waals surface area contributed by atoms with Crippen molar-refractivity contribution in [2.45, 2.75) is 13.8 Å². The number of hydrogen-bond donors (Lipinski definition) is 1. The highest BCUT2D eigenvalue weighted by atomic mass is 79.9. The lowest BCUT2D eigenvalue weighted by atomic mass is 10.1. The minimum Gasteiger partial charge on any atom is -0.490 e. The predicted molar refractivity (Wildman–Crippen MR) is 95.9 cm³/mol. The van der Waals surface area contributed by atoms with Crippen LogP contribution in [0.5, 0.6) is 11.5 Å². The van der Waals surface area contributed by atoms with Crippen molar-refractivity contribution in [2.75, 3.05) is 18.5 Å². The molecule has 0 aliphatic carbocycles. The first-order valence-corrected chi connectivity index (χ1v) is 8.38. The lowest BCUT2D eigenvalue weighted by Gasteiger charge is -2.14. The summed E-state index contributed by atoms with van der Waals surface area (Å²) in [6.07, 6.45) is 0. The molecule has 0 aromatic heterocycles. The minimum absolute atomic E-state index is 0.253. The largest absolute Gasteiger partial charge is 0.490 e. The Morgan fingerprint density at radius 2 is 1.91 bits per heavy atom. The van der Waals surface area contributed by atoms with E-state index in [9.17, 15) is 4.79 Å². The second-order valence-corrected chi connectivity index (χ2v) is 5.91. The number of anilines is 1. The van der Waals surface area contributed by atoms with Gasteiger partial charge in [-0.3, -0.25) is 4.79 Å². The number of rotatable bonds is 6. The van der Waals surface area contributed by atoms with Gasteiger partial charge in [-0.15, -0.1) is 0 Å². The number of halogens is 2. The van der Waals surface area contributed by atoms with Crippen LogP contribution in [-0.4, -0.2) is 19.1 Å². The van der Waals surface area contributed by atoms with E-state index in [1.807, 2.05) is 13.8 Å². The van der Waals surface area contributed by atoms with E-state index < -0.39 is 0 Å². The first-order chi connectivity index (χ1) is 11.0. The molecule has 4 nitrogen and oxygen atoms in total. The predicted octanol–water partition coefficient (Wildman–Crippen LogP) is 5.15. The number of nitrogens with one attached hydrogen (secondary N) is 1.